The zero-order valence-electron chi connectivity index (χ0n) is 18.8. The maximum Gasteiger partial charge on any atom is 0.264 e. The van der Waals surface area contributed by atoms with Gasteiger partial charge in [0.1, 0.15) is 18.9 Å². The summed E-state index contributed by atoms with van der Waals surface area (Å²) in [6.45, 7) is 5.47. The van der Waals surface area contributed by atoms with Gasteiger partial charge < -0.3 is 10.1 Å². The van der Waals surface area contributed by atoms with Gasteiger partial charge in [-0.15, -0.1) is 0 Å². The summed E-state index contributed by atoms with van der Waals surface area (Å²) in [6, 6.07) is 20.2. The lowest BCUT2D eigenvalue weighted by atomic mass is 10.2. The first-order chi connectivity index (χ1) is 15.7. The van der Waals surface area contributed by atoms with E-state index in [9.17, 15) is 13.2 Å². The minimum Gasteiger partial charge on any atom is -0.491 e. The molecule has 1 unspecified atom stereocenters. The van der Waals surface area contributed by atoms with Crippen LogP contribution in [0.15, 0.2) is 77.7 Å². The summed E-state index contributed by atoms with van der Waals surface area (Å²) >= 11 is 6.10. The van der Waals surface area contributed by atoms with Crippen molar-refractivity contribution in [1.29, 1.82) is 0 Å². The molecule has 0 saturated carbocycles. The first-order valence-electron chi connectivity index (χ1n) is 10.5. The number of para-hydroxylation sites is 1. The van der Waals surface area contributed by atoms with Gasteiger partial charge in [-0.05, 0) is 62.7 Å². The number of nitrogens with one attached hydrogen (secondary N) is 1. The van der Waals surface area contributed by atoms with Gasteiger partial charge in [-0.2, -0.15) is 0 Å². The number of hydrogen-bond donors (Lipinski definition) is 1. The normalized spacial score (nSPS) is 12.1. The van der Waals surface area contributed by atoms with Gasteiger partial charge in [0.15, 0.2) is 0 Å². The summed E-state index contributed by atoms with van der Waals surface area (Å²) in [6.07, 6.45) is 0. The van der Waals surface area contributed by atoms with Crippen LogP contribution in [0.4, 0.5) is 5.69 Å². The molecule has 0 fully saturated rings. The molecule has 1 atom stereocenters. The molecular formula is C25H27ClN2O4S. The molecule has 8 heteroatoms. The highest BCUT2D eigenvalue weighted by Crippen LogP contribution is 2.26. The lowest BCUT2D eigenvalue weighted by molar-refractivity contribution is -0.120. The van der Waals surface area contributed by atoms with Crippen molar-refractivity contribution in [3.05, 3.63) is 88.9 Å². The molecular weight excluding hydrogens is 460 g/mol. The Morgan fingerprint density at radius 3 is 2.39 bits per heavy atom. The molecule has 33 heavy (non-hydrogen) atoms. The minimum absolute atomic E-state index is 0.0943. The van der Waals surface area contributed by atoms with Crippen LogP contribution in [0, 0.1) is 13.8 Å². The van der Waals surface area contributed by atoms with Crippen molar-refractivity contribution < 1.29 is 17.9 Å². The molecule has 3 aromatic carbocycles. The van der Waals surface area contributed by atoms with E-state index in [1.165, 1.54) is 18.2 Å². The van der Waals surface area contributed by atoms with Crippen LogP contribution in [-0.2, 0) is 14.8 Å². The number of rotatable bonds is 9. The average molecular weight is 487 g/mol. The predicted molar refractivity (Wildman–Crippen MR) is 131 cm³/mol. The van der Waals surface area contributed by atoms with Gasteiger partial charge in [-0.3, -0.25) is 9.10 Å². The number of halogens is 1. The third kappa shape index (κ3) is 6.49. The molecule has 0 bridgehead atoms. The topological polar surface area (TPSA) is 75.7 Å². The number of aryl methyl sites for hydroxylation is 2. The van der Waals surface area contributed by atoms with E-state index in [1.54, 1.807) is 37.3 Å². The zero-order chi connectivity index (χ0) is 24.0. The van der Waals surface area contributed by atoms with Crippen molar-refractivity contribution in [2.45, 2.75) is 31.7 Å². The van der Waals surface area contributed by atoms with Gasteiger partial charge >= 0.3 is 0 Å². The van der Waals surface area contributed by atoms with Crippen LogP contribution >= 0.6 is 11.6 Å². The lowest BCUT2D eigenvalue weighted by Gasteiger charge is -2.25. The Balaban J connectivity index is 1.76. The van der Waals surface area contributed by atoms with Crippen LogP contribution in [0.5, 0.6) is 5.75 Å². The van der Waals surface area contributed by atoms with E-state index in [0.29, 0.717) is 10.7 Å². The van der Waals surface area contributed by atoms with Crippen LogP contribution in [0.3, 0.4) is 0 Å². The number of sulfonamides is 1. The van der Waals surface area contributed by atoms with Crippen LogP contribution < -0.4 is 14.4 Å². The fourth-order valence-corrected chi connectivity index (χ4v) is 4.81. The van der Waals surface area contributed by atoms with Gasteiger partial charge in [0, 0.05) is 5.02 Å². The van der Waals surface area contributed by atoms with Gasteiger partial charge in [0.25, 0.3) is 10.0 Å². The SMILES string of the molecule is Cc1ccc(S(=O)(=O)N(CC(=O)NC(C)COc2ccccc2C)c2cccc(Cl)c2)cc1. The highest BCUT2D eigenvalue weighted by molar-refractivity contribution is 7.92. The van der Waals surface area contributed by atoms with E-state index in [2.05, 4.69) is 5.32 Å². The molecule has 0 aliphatic rings. The van der Waals surface area contributed by atoms with Crippen LogP contribution in [0.2, 0.25) is 5.02 Å². The van der Waals surface area contributed by atoms with Crippen molar-refractivity contribution >= 4 is 33.2 Å². The van der Waals surface area contributed by atoms with Crippen molar-refractivity contribution in [3.63, 3.8) is 0 Å². The Bertz CT molecular complexity index is 1210. The second kappa shape index (κ2) is 10.7. The standard InChI is InChI=1S/C25H27ClN2O4S/c1-18-11-13-23(14-12-18)33(30,31)28(22-9-6-8-21(26)15-22)16-25(29)27-20(3)17-32-24-10-5-4-7-19(24)2/h4-15,20H,16-17H2,1-3H3,(H,27,29). The molecule has 0 aromatic heterocycles. The number of anilines is 1. The Morgan fingerprint density at radius 1 is 1.03 bits per heavy atom. The fourth-order valence-electron chi connectivity index (χ4n) is 3.21. The first kappa shape index (κ1) is 24.6. The quantitative estimate of drug-likeness (QED) is 0.474. The first-order valence-corrected chi connectivity index (χ1v) is 12.3. The molecule has 3 rings (SSSR count). The number of carbonyl (C=O) groups is 1. The Morgan fingerprint density at radius 2 is 1.73 bits per heavy atom. The highest BCUT2D eigenvalue weighted by atomic mass is 35.5. The number of ether oxygens (including phenoxy) is 1. The van der Waals surface area contributed by atoms with E-state index in [4.69, 9.17) is 16.3 Å². The molecule has 3 aromatic rings. The lowest BCUT2D eigenvalue weighted by Crippen LogP contribution is -2.45. The summed E-state index contributed by atoms with van der Waals surface area (Å²) < 4.78 is 33.7. The summed E-state index contributed by atoms with van der Waals surface area (Å²) in [4.78, 5) is 12.9. The molecule has 174 valence electrons. The van der Waals surface area contributed by atoms with E-state index in [1.807, 2.05) is 38.1 Å². The molecule has 1 amide bonds. The second-order valence-electron chi connectivity index (χ2n) is 7.85. The minimum atomic E-state index is -4.00. The van der Waals surface area contributed by atoms with Crippen molar-refractivity contribution in [3.8, 4) is 5.75 Å². The van der Waals surface area contributed by atoms with Crippen LogP contribution in [0.1, 0.15) is 18.1 Å². The molecule has 0 spiro atoms. The highest BCUT2D eigenvalue weighted by Gasteiger charge is 2.27. The van der Waals surface area contributed by atoms with Crippen LogP contribution in [0.25, 0.3) is 0 Å². The summed E-state index contributed by atoms with van der Waals surface area (Å²) in [5.41, 5.74) is 2.23. The number of hydrogen-bond acceptors (Lipinski definition) is 4. The Kier molecular flexibility index (Phi) is 8.00. The van der Waals surface area contributed by atoms with E-state index in [-0.39, 0.29) is 17.5 Å². The number of carbonyl (C=O) groups excluding carboxylic acids is 1. The van der Waals surface area contributed by atoms with E-state index in [0.717, 1.165) is 21.2 Å². The Labute approximate surface area is 200 Å². The van der Waals surface area contributed by atoms with Crippen molar-refractivity contribution in [1.82, 2.24) is 5.32 Å². The predicted octanol–water partition coefficient (Wildman–Crippen LogP) is 4.74. The summed E-state index contributed by atoms with van der Waals surface area (Å²) in [5, 5.41) is 3.19. The fraction of sp³-hybridized carbons (Fsp3) is 0.240. The zero-order valence-corrected chi connectivity index (χ0v) is 20.4. The van der Waals surface area contributed by atoms with Crippen molar-refractivity contribution in [2.75, 3.05) is 17.5 Å². The number of nitrogens with zero attached hydrogens (tertiary/aromatic N) is 1. The maximum atomic E-state index is 13.4. The van der Waals surface area contributed by atoms with Crippen LogP contribution in [-0.4, -0.2) is 33.5 Å². The van der Waals surface area contributed by atoms with E-state index >= 15 is 0 Å². The van der Waals surface area contributed by atoms with Gasteiger partial charge in [0.05, 0.1) is 16.6 Å². The third-order valence-corrected chi connectivity index (χ3v) is 7.01. The Hall–Kier alpha value is -3.03. The van der Waals surface area contributed by atoms with Gasteiger partial charge in [0.2, 0.25) is 5.91 Å². The molecule has 0 heterocycles. The van der Waals surface area contributed by atoms with Gasteiger partial charge in [-0.1, -0.05) is 53.6 Å². The molecule has 0 aliphatic carbocycles. The smallest absolute Gasteiger partial charge is 0.264 e. The second-order valence-corrected chi connectivity index (χ2v) is 10.1. The average Bonchev–Trinajstić information content (AvgIpc) is 2.77. The van der Waals surface area contributed by atoms with E-state index < -0.39 is 22.5 Å². The molecule has 0 saturated heterocycles. The largest absolute Gasteiger partial charge is 0.491 e. The summed E-state index contributed by atoms with van der Waals surface area (Å²) in [7, 11) is -4.00. The maximum absolute atomic E-state index is 13.4. The molecule has 1 N–H and O–H groups in total. The summed E-state index contributed by atoms with van der Waals surface area (Å²) in [5.74, 6) is 0.285. The molecule has 0 aliphatic heterocycles. The van der Waals surface area contributed by atoms with Gasteiger partial charge in [-0.25, -0.2) is 8.42 Å². The molecule has 6 nitrogen and oxygen atoms in total. The number of amides is 1. The monoisotopic (exact) mass is 486 g/mol. The third-order valence-electron chi connectivity index (χ3n) is 4.98. The number of benzene rings is 3. The van der Waals surface area contributed by atoms with Crippen molar-refractivity contribution in [2.24, 2.45) is 0 Å². The molecule has 0 radical (unpaired) electrons.